The summed E-state index contributed by atoms with van der Waals surface area (Å²) in [5.41, 5.74) is 16.9. The summed E-state index contributed by atoms with van der Waals surface area (Å²) in [7, 11) is 1.82. The predicted molar refractivity (Wildman–Crippen MR) is 66.9 cm³/mol. The lowest BCUT2D eigenvalue weighted by molar-refractivity contribution is 0.779. The molecule has 0 radical (unpaired) electrons. The first-order chi connectivity index (χ1) is 7.50. The van der Waals surface area contributed by atoms with Gasteiger partial charge in [0.15, 0.2) is 0 Å². The van der Waals surface area contributed by atoms with Gasteiger partial charge in [0.2, 0.25) is 0 Å². The SMILES string of the molecule is Cc1cc(-c2cnn(C)c2N)cc(N)c1C. The highest BCUT2D eigenvalue weighted by Gasteiger charge is 2.09. The average molecular weight is 216 g/mol. The van der Waals surface area contributed by atoms with Gasteiger partial charge < -0.3 is 11.5 Å². The van der Waals surface area contributed by atoms with Gasteiger partial charge in [0, 0.05) is 18.3 Å². The van der Waals surface area contributed by atoms with Crippen molar-refractivity contribution >= 4 is 11.5 Å². The Balaban J connectivity index is 2.61. The van der Waals surface area contributed by atoms with Crippen LogP contribution in [0.25, 0.3) is 11.1 Å². The molecule has 0 saturated heterocycles. The number of nitrogen functional groups attached to an aromatic ring is 2. The molecule has 4 nitrogen and oxygen atoms in total. The van der Waals surface area contributed by atoms with Crippen LogP contribution in [0.3, 0.4) is 0 Å². The van der Waals surface area contributed by atoms with Crippen LogP contribution in [-0.2, 0) is 7.05 Å². The molecule has 0 atom stereocenters. The molecule has 0 amide bonds. The Bertz CT molecular complexity index is 517. The van der Waals surface area contributed by atoms with Gasteiger partial charge in [0.1, 0.15) is 5.82 Å². The first-order valence-corrected chi connectivity index (χ1v) is 5.15. The average Bonchev–Trinajstić information content (AvgIpc) is 2.56. The molecule has 0 unspecified atom stereocenters. The Kier molecular flexibility index (Phi) is 2.34. The third-order valence-electron chi connectivity index (χ3n) is 3.00. The summed E-state index contributed by atoms with van der Waals surface area (Å²) in [6, 6.07) is 4.02. The van der Waals surface area contributed by atoms with E-state index in [-0.39, 0.29) is 0 Å². The molecule has 2 rings (SSSR count). The number of benzene rings is 1. The van der Waals surface area contributed by atoms with Crippen molar-refractivity contribution in [3.8, 4) is 11.1 Å². The zero-order valence-corrected chi connectivity index (χ0v) is 9.78. The molecule has 2 aromatic rings. The minimum absolute atomic E-state index is 0.655. The van der Waals surface area contributed by atoms with Crippen molar-refractivity contribution < 1.29 is 0 Å². The first-order valence-electron chi connectivity index (χ1n) is 5.15. The molecule has 0 bridgehead atoms. The Morgan fingerprint density at radius 2 is 1.88 bits per heavy atom. The van der Waals surface area contributed by atoms with E-state index in [0.29, 0.717) is 5.82 Å². The smallest absolute Gasteiger partial charge is 0.129 e. The fourth-order valence-electron chi connectivity index (χ4n) is 1.71. The molecule has 0 aliphatic rings. The van der Waals surface area contributed by atoms with Gasteiger partial charge in [-0.25, -0.2) is 0 Å². The number of nitrogens with two attached hydrogens (primary N) is 2. The summed E-state index contributed by atoms with van der Waals surface area (Å²) >= 11 is 0. The largest absolute Gasteiger partial charge is 0.398 e. The van der Waals surface area contributed by atoms with Gasteiger partial charge >= 0.3 is 0 Å². The molecule has 1 aromatic heterocycles. The molecule has 4 heteroatoms. The molecule has 0 spiro atoms. The first kappa shape index (κ1) is 10.5. The highest BCUT2D eigenvalue weighted by Crippen LogP contribution is 2.29. The van der Waals surface area contributed by atoms with Gasteiger partial charge in [-0.3, -0.25) is 4.68 Å². The van der Waals surface area contributed by atoms with Crippen LogP contribution in [0.4, 0.5) is 11.5 Å². The predicted octanol–water partition coefficient (Wildman–Crippen LogP) is 1.87. The van der Waals surface area contributed by atoms with Crippen LogP contribution in [0.1, 0.15) is 11.1 Å². The summed E-state index contributed by atoms with van der Waals surface area (Å²) < 4.78 is 1.65. The van der Waals surface area contributed by atoms with E-state index in [1.54, 1.807) is 10.9 Å². The van der Waals surface area contributed by atoms with E-state index in [1.165, 1.54) is 5.56 Å². The molecule has 1 heterocycles. The summed E-state index contributed by atoms with van der Waals surface area (Å²) in [6.07, 6.45) is 1.76. The van der Waals surface area contributed by atoms with Crippen LogP contribution in [0.5, 0.6) is 0 Å². The van der Waals surface area contributed by atoms with Crippen molar-refractivity contribution in [2.45, 2.75) is 13.8 Å². The van der Waals surface area contributed by atoms with Crippen LogP contribution in [0.15, 0.2) is 18.3 Å². The summed E-state index contributed by atoms with van der Waals surface area (Å²) in [4.78, 5) is 0. The molecule has 84 valence electrons. The normalized spacial score (nSPS) is 10.7. The highest BCUT2D eigenvalue weighted by atomic mass is 15.3. The second-order valence-electron chi connectivity index (χ2n) is 4.07. The topological polar surface area (TPSA) is 69.9 Å². The van der Waals surface area contributed by atoms with Crippen LogP contribution in [-0.4, -0.2) is 9.78 Å². The number of aromatic nitrogens is 2. The highest BCUT2D eigenvalue weighted by molar-refractivity contribution is 5.77. The lowest BCUT2D eigenvalue weighted by Gasteiger charge is -2.08. The van der Waals surface area contributed by atoms with Crippen LogP contribution >= 0.6 is 0 Å². The van der Waals surface area contributed by atoms with Gasteiger partial charge in [-0.05, 0) is 36.6 Å². The van der Waals surface area contributed by atoms with E-state index in [0.717, 1.165) is 22.4 Å². The number of hydrogen-bond donors (Lipinski definition) is 2. The summed E-state index contributed by atoms with van der Waals surface area (Å²) in [6.45, 7) is 4.06. The molecule has 0 saturated carbocycles. The zero-order valence-electron chi connectivity index (χ0n) is 9.78. The standard InChI is InChI=1S/C12H16N4/c1-7-4-9(5-11(13)8(7)2)10-6-15-16(3)12(10)14/h4-6H,13-14H2,1-3H3. The number of hydrogen-bond acceptors (Lipinski definition) is 3. The van der Waals surface area contributed by atoms with E-state index in [4.69, 9.17) is 11.5 Å². The maximum Gasteiger partial charge on any atom is 0.129 e. The minimum Gasteiger partial charge on any atom is -0.398 e. The third-order valence-corrected chi connectivity index (χ3v) is 3.00. The van der Waals surface area contributed by atoms with Crippen LogP contribution < -0.4 is 11.5 Å². The van der Waals surface area contributed by atoms with Gasteiger partial charge in [0.25, 0.3) is 0 Å². The van der Waals surface area contributed by atoms with E-state index >= 15 is 0 Å². The molecule has 16 heavy (non-hydrogen) atoms. The van der Waals surface area contributed by atoms with Gasteiger partial charge in [-0.1, -0.05) is 6.07 Å². The monoisotopic (exact) mass is 216 g/mol. The molecular weight excluding hydrogens is 200 g/mol. The Morgan fingerprint density at radius 3 is 2.38 bits per heavy atom. The third kappa shape index (κ3) is 1.52. The lowest BCUT2D eigenvalue weighted by Crippen LogP contribution is -1.99. The molecule has 0 aliphatic carbocycles. The van der Waals surface area contributed by atoms with Gasteiger partial charge in [-0.2, -0.15) is 5.10 Å². The van der Waals surface area contributed by atoms with Crippen molar-refractivity contribution in [1.29, 1.82) is 0 Å². The minimum atomic E-state index is 0.655. The number of aryl methyl sites for hydroxylation is 2. The van der Waals surface area contributed by atoms with E-state index in [9.17, 15) is 0 Å². The van der Waals surface area contributed by atoms with E-state index < -0.39 is 0 Å². The summed E-state index contributed by atoms with van der Waals surface area (Å²) in [5, 5.41) is 4.13. The Hall–Kier alpha value is -1.97. The maximum absolute atomic E-state index is 5.95. The van der Waals surface area contributed by atoms with Gasteiger partial charge in [-0.15, -0.1) is 0 Å². The number of rotatable bonds is 1. The van der Waals surface area contributed by atoms with Gasteiger partial charge in [0.05, 0.1) is 6.20 Å². The molecular formula is C12H16N4. The molecule has 1 aromatic carbocycles. The Labute approximate surface area is 94.9 Å². The van der Waals surface area contributed by atoms with Crippen molar-refractivity contribution in [2.75, 3.05) is 11.5 Å². The molecule has 4 N–H and O–H groups in total. The molecule has 0 aliphatic heterocycles. The lowest BCUT2D eigenvalue weighted by atomic mass is 10.0. The van der Waals surface area contributed by atoms with Crippen molar-refractivity contribution in [3.05, 3.63) is 29.5 Å². The quantitative estimate of drug-likeness (QED) is 0.715. The van der Waals surface area contributed by atoms with E-state index in [1.807, 2.05) is 27.0 Å². The number of anilines is 2. The van der Waals surface area contributed by atoms with Crippen molar-refractivity contribution in [1.82, 2.24) is 9.78 Å². The Morgan fingerprint density at radius 1 is 1.19 bits per heavy atom. The van der Waals surface area contributed by atoms with E-state index in [2.05, 4.69) is 11.2 Å². The number of nitrogens with zero attached hydrogens (tertiary/aromatic N) is 2. The fourth-order valence-corrected chi connectivity index (χ4v) is 1.71. The summed E-state index contributed by atoms with van der Waals surface area (Å²) in [5.74, 6) is 0.655. The second kappa shape index (κ2) is 3.56. The van der Waals surface area contributed by atoms with Crippen molar-refractivity contribution in [3.63, 3.8) is 0 Å². The molecule has 0 fully saturated rings. The van der Waals surface area contributed by atoms with Crippen LogP contribution in [0, 0.1) is 13.8 Å². The zero-order chi connectivity index (χ0) is 11.9. The second-order valence-corrected chi connectivity index (χ2v) is 4.07. The van der Waals surface area contributed by atoms with Crippen LogP contribution in [0.2, 0.25) is 0 Å². The maximum atomic E-state index is 5.95. The van der Waals surface area contributed by atoms with Crippen molar-refractivity contribution in [2.24, 2.45) is 7.05 Å². The fraction of sp³-hybridized carbons (Fsp3) is 0.250.